The molecule has 0 aliphatic carbocycles. The lowest BCUT2D eigenvalue weighted by atomic mass is 10.3. The number of halogens is 1. The standard InChI is InChI=1S/C11H10BrN3OS/c12-9-3-2-8(17-9)5-11(16)15-10-4-1-7(13)6-14-10/h1-4,6H,5,13H2,(H,14,15,16). The average Bonchev–Trinajstić information content (AvgIpc) is 2.67. The number of thiophene rings is 1. The van der Waals surface area contributed by atoms with Gasteiger partial charge in [-0.15, -0.1) is 11.3 Å². The van der Waals surface area contributed by atoms with E-state index in [1.165, 1.54) is 6.20 Å². The van der Waals surface area contributed by atoms with Gasteiger partial charge in [-0.05, 0) is 40.2 Å². The fourth-order valence-corrected chi connectivity index (χ4v) is 2.75. The van der Waals surface area contributed by atoms with Crippen molar-refractivity contribution in [2.75, 3.05) is 11.1 Å². The molecule has 2 heterocycles. The van der Waals surface area contributed by atoms with Crippen LogP contribution in [0.25, 0.3) is 0 Å². The summed E-state index contributed by atoms with van der Waals surface area (Å²) in [4.78, 5) is 16.7. The van der Waals surface area contributed by atoms with Gasteiger partial charge in [0.1, 0.15) is 5.82 Å². The highest BCUT2D eigenvalue weighted by Crippen LogP contribution is 2.22. The van der Waals surface area contributed by atoms with Gasteiger partial charge in [-0.1, -0.05) is 0 Å². The molecule has 0 saturated heterocycles. The van der Waals surface area contributed by atoms with Crippen molar-refractivity contribution in [1.82, 2.24) is 4.98 Å². The van der Waals surface area contributed by atoms with Crippen molar-refractivity contribution >= 4 is 44.7 Å². The number of nitrogen functional groups attached to an aromatic ring is 1. The maximum Gasteiger partial charge on any atom is 0.230 e. The zero-order valence-electron chi connectivity index (χ0n) is 8.81. The fourth-order valence-electron chi connectivity index (χ4n) is 1.27. The Morgan fingerprint density at radius 3 is 2.82 bits per heavy atom. The second-order valence-electron chi connectivity index (χ2n) is 3.41. The van der Waals surface area contributed by atoms with Crippen LogP contribution in [0.5, 0.6) is 0 Å². The maximum atomic E-state index is 11.7. The third kappa shape index (κ3) is 3.54. The van der Waals surface area contributed by atoms with Gasteiger partial charge in [0.2, 0.25) is 5.91 Å². The first-order chi connectivity index (χ1) is 8.13. The Morgan fingerprint density at radius 2 is 2.24 bits per heavy atom. The maximum absolute atomic E-state index is 11.7. The van der Waals surface area contributed by atoms with Crippen LogP contribution in [-0.4, -0.2) is 10.9 Å². The quantitative estimate of drug-likeness (QED) is 0.915. The van der Waals surface area contributed by atoms with Gasteiger partial charge >= 0.3 is 0 Å². The van der Waals surface area contributed by atoms with Crippen LogP contribution in [0.15, 0.2) is 34.2 Å². The molecule has 0 spiro atoms. The summed E-state index contributed by atoms with van der Waals surface area (Å²) in [6, 6.07) is 7.22. The number of aromatic nitrogens is 1. The predicted octanol–water partition coefficient (Wildman–Crippen LogP) is 2.67. The molecule has 0 saturated carbocycles. The second-order valence-corrected chi connectivity index (χ2v) is 5.96. The Kier molecular flexibility index (Phi) is 3.75. The zero-order valence-corrected chi connectivity index (χ0v) is 11.2. The van der Waals surface area contributed by atoms with Crippen LogP contribution in [0.1, 0.15) is 4.88 Å². The first-order valence-corrected chi connectivity index (χ1v) is 6.50. The minimum absolute atomic E-state index is 0.0865. The summed E-state index contributed by atoms with van der Waals surface area (Å²) in [6.45, 7) is 0. The number of carbonyl (C=O) groups excluding carboxylic acids is 1. The fraction of sp³-hybridized carbons (Fsp3) is 0.0909. The molecule has 6 heteroatoms. The van der Waals surface area contributed by atoms with E-state index >= 15 is 0 Å². The lowest BCUT2D eigenvalue weighted by molar-refractivity contribution is -0.115. The van der Waals surface area contributed by atoms with Crippen molar-refractivity contribution in [2.45, 2.75) is 6.42 Å². The van der Waals surface area contributed by atoms with Crippen LogP contribution < -0.4 is 11.1 Å². The molecule has 88 valence electrons. The summed E-state index contributed by atoms with van der Waals surface area (Å²) in [5, 5.41) is 2.71. The molecule has 4 nitrogen and oxygen atoms in total. The van der Waals surface area contributed by atoms with Crippen molar-refractivity contribution in [2.24, 2.45) is 0 Å². The number of anilines is 2. The molecule has 17 heavy (non-hydrogen) atoms. The Labute approximate surface area is 111 Å². The number of nitrogens with zero attached hydrogens (tertiary/aromatic N) is 1. The highest BCUT2D eigenvalue weighted by Gasteiger charge is 2.06. The molecular weight excluding hydrogens is 302 g/mol. The topological polar surface area (TPSA) is 68.0 Å². The van der Waals surface area contributed by atoms with Crippen molar-refractivity contribution in [1.29, 1.82) is 0 Å². The first kappa shape index (κ1) is 12.1. The molecule has 2 aromatic rings. The van der Waals surface area contributed by atoms with E-state index in [4.69, 9.17) is 5.73 Å². The molecule has 0 fully saturated rings. The summed E-state index contributed by atoms with van der Waals surface area (Å²) in [5.41, 5.74) is 6.08. The number of hydrogen-bond donors (Lipinski definition) is 2. The van der Waals surface area contributed by atoms with E-state index < -0.39 is 0 Å². The molecule has 2 aromatic heterocycles. The van der Waals surface area contributed by atoms with Crippen LogP contribution in [0.2, 0.25) is 0 Å². The summed E-state index contributed by atoms with van der Waals surface area (Å²) in [5.74, 6) is 0.427. The summed E-state index contributed by atoms with van der Waals surface area (Å²) >= 11 is 4.90. The van der Waals surface area contributed by atoms with E-state index in [0.29, 0.717) is 17.9 Å². The van der Waals surface area contributed by atoms with Gasteiger partial charge in [0.15, 0.2) is 0 Å². The van der Waals surface area contributed by atoms with Gasteiger partial charge in [-0.2, -0.15) is 0 Å². The molecule has 3 N–H and O–H groups in total. The molecule has 0 aliphatic rings. The number of rotatable bonds is 3. The van der Waals surface area contributed by atoms with Gasteiger partial charge in [0.05, 0.1) is 22.1 Å². The Morgan fingerprint density at radius 1 is 1.41 bits per heavy atom. The predicted molar refractivity (Wildman–Crippen MR) is 73.0 cm³/mol. The van der Waals surface area contributed by atoms with Gasteiger partial charge in [0.25, 0.3) is 0 Å². The minimum atomic E-state index is -0.0865. The van der Waals surface area contributed by atoms with Crippen LogP contribution in [0, 0.1) is 0 Å². The first-order valence-electron chi connectivity index (χ1n) is 4.89. The molecule has 1 amide bonds. The largest absolute Gasteiger partial charge is 0.397 e. The highest BCUT2D eigenvalue weighted by atomic mass is 79.9. The molecule has 0 atom stereocenters. The minimum Gasteiger partial charge on any atom is -0.397 e. The molecule has 0 bridgehead atoms. The number of amides is 1. The van der Waals surface area contributed by atoms with E-state index in [2.05, 4.69) is 26.2 Å². The van der Waals surface area contributed by atoms with Gasteiger partial charge in [0, 0.05) is 4.88 Å². The average molecular weight is 312 g/mol. The monoisotopic (exact) mass is 311 g/mol. The highest BCUT2D eigenvalue weighted by molar-refractivity contribution is 9.11. The lowest BCUT2D eigenvalue weighted by Gasteiger charge is -2.03. The zero-order chi connectivity index (χ0) is 12.3. The van der Waals surface area contributed by atoms with Crippen LogP contribution in [0.4, 0.5) is 11.5 Å². The molecule has 0 unspecified atom stereocenters. The molecule has 0 aliphatic heterocycles. The Balaban J connectivity index is 1.95. The van der Waals surface area contributed by atoms with Crippen LogP contribution >= 0.6 is 27.3 Å². The molecule has 2 rings (SSSR count). The van der Waals surface area contributed by atoms with Gasteiger partial charge in [-0.25, -0.2) is 4.98 Å². The summed E-state index contributed by atoms with van der Waals surface area (Å²) in [6.07, 6.45) is 1.86. The van der Waals surface area contributed by atoms with Crippen molar-refractivity contribution in [3.8, 4) is 0 Å². The summed E-state index contributed by atoms with van der Waals surface area (Å²) in [7, 11) is 0. The number of nitrogens with two attached hydrogens (primary N) is 1. The SMILES string of the molecule is Nc1ccc(NC(=O)Cc2ccc(Br)s2)nc1. The smallest absolute Gasteiger partial charge is 0.230 e. The van der Waals surface area contributed by atoms with E-state index in [9.17, 15) is 4.79 Å². The molecular formula is C11H10BrN3OS. The van der Waals surface area contributed by atoms with E-state index in [0.717, 1.165) is 8.66 Å². The van der Waals surface area contributed by atoms with E-state index in [1.807, 2.05) is 12.1 Å². The van der Waals surface area contributed by atoms with E-state index in [1.54, 1.807) is 23.5 Å². The number of pyridine rings is 1. The van der Waals surface area contributed by atoms with Crippen molar-refractivity contribution in [3.63, 3.8) is 0 Å². The normalized spacial score (nSPS) is 10.2. The molecule has 0 radical (unpaired) electrons. The lowest BCUT2D eigenvalue weighted by Crippen LogP contribution is -2.14. The van der Waals surface area contributed by atoms with E-state index in [-0.39, 0.29) is 5.91 Å². The van der Waals surface area contributed by atoms with Gasteiger partial charge in [-0.3, -0.25) is 4.79 Å². The number of nitrogens with one attached hydrogen (secondary N) is 1. The van der Waals surface area contributed by atoms with Gasteiger partial charge < -0.3 is 11.1 Å². The van der Waals surface area contributed by atoms with Crippen LogP contribution in [0.3, 0.4) is 0 Å². The number of hydrogen-bond acceptors (Lipinski definition) is 4. The third-order valence-electron chi connectivity index (χ3n) is 2.02. The summed E-state index contributed by atoms with van der Waals surface area (Å²) < 4.78 is 1.02. The number of carbonyl (C=O) groups is 1. The van der Waals surface area contributed by atoms with Crippen LogP contribution in [-0.2, 0) is 11.2 Å². The second kappa shape index (κ2) is 5.29. The third-order valence-corrected chi connectivity index (χ3v) is 3.64. The van der Waals surface area contributed by atoms with Crippen molar-refractivity contribution in [3.05, 3.63) is 39.1 Å². The Hall–Kier alpha value is -1.40. The Bertz CT molecular complexity index is 524. The van der Waals surface area contributed by atoms with Crippen molar-refractivity contribution < 1.29 is 4.79 Å². The molecule has 0 aromatic carbocycles.